The van der Waals surface area contributed by atoms with Crippen molar-refractivity contribution in [1.29, 1.82) is 0 Å². The third-order valence-corrected chi connectivity index (χ3v) is 3.53. The summed E-state index contributed by atoms with van der Waals surface area (Å²) in [7, 11) is 0. The summed E-state index contributed by atoms with van der Waals surface area (Å²) in [6.45, 7) is 3.01. The summed E-state index contributed by atoms with van der Waals surface area (Å²) in [6.07, 6.45) is 1.04. The quantitative estimate of drug-likeness (QED) is 0.686. The van der Waals surface area contributed by atoms with E-state index in [1.165, 1.54) is 5.56 Å². The van der Waals surface area contributed by atoms with Gasteiger partial charge in [0.2, 0.25) is 0 Å². The van der Waals surface area contributed by atoms with Crippen molar-refractivity contribution in [1.82, 2.24) is 5.32 Å². The van der Waals surface area contributed by atoms with Gasteiger partial charge in [-0.25, -0.2) is 4.79 Å². The number of anilines is 1. The molecule has 0 aromatic heterocycles. The molecule has 0 aliphatic carbocycles. The minimum atomic E-state index is 0.0584. The molecule has 0 spiro atoms. The Labute approximate surface area is 89.1 Å². The second-order valence-electron chi connectivity index (χ2n) is 4.31. The first-order chi connectivity index (χ1) is 7.29. The van der Waals surface area contributed by atoms with Crippen LogP contribution < -0.4 is 10.2 Å². The van der Waals surface area contributed by atoms with Crippen LogP contribution in [0.15, 0.2) is 24.3 Å². The van der Waals surface area contributed by atoms with Gasteiger partial charge in [0.25, 0.3) is 0 Å². The number of nitrogens with one attached hydrogen (secondary N) is 1. The molecule has 0 radical (unpaired) electrons. The number of para-hydroxylation sites is 1. The van der Waals surface area contributed by atoms with Crippen molar-refractivity contribution in [3.8, 4) is 0 Å². The molecule has 2 unspecified atom stereocenters. The largest absolute Gasteiger partial charge is 0.338 e. The number of urea groups is 1. The second-order valence-corrected chi connectivity index (χ2v) is 4.31. The van der Waals surface area contributed by atoms with E-state index >= 15 is 0 Å². The Balaban J connectivity index is 2.12. The summed E-state index contributed by atoms with van der Waals surface area (Å²) in [4.78, 5) is 13.7. The van der Waals surface area contributed by atoms with Gasteiger partial charge < -0.3 is 5.32 Å². The van der Waals surface area contributed by atoms with Crippen LogP contribution in [0.2, 0.25) is 0 Å². The van der Waals surface area contributed by atoms with E-state index in [0.717, 1.165) is 18.7 Å². The second kappa shape index (κ2) is 2.99. The van der Waals surface area contributed by atoms with E-state index in [0.29, 0.717) is 12.0 Å². The Morgan fingerprint density at radius 2 is 2.20 bits per heavy atom. The number of rotatable bonds is 0. The molecular formula is C12H14N2O. The van der Waals surface area contributed by atoms with Crippen LogP contribution in [0, 0.1) is 0 Å². The number of hydrogen-bond acceptors (Lipinski definition) is 1. The monoisotopic (exact) mass is 202 g/mol. The Morgan fingerprint density at radius 3 is 3.07 bits per heavy atom. The molecule has 1 aromatic rings. The standard InChI is InChI=1S/C12H14N2O/c1-8-9-4-2-3-5-11(9)14-10(8)6-7-13-12(14)15/h2-5,8,10H,6-7H2,1H3,(H,13,15). The predicted octanol–water partition coefficient (Wildman–Crippen LogP) is 2.09. The van der Waals surface area contributed by atoms with E-state index in [2.05, 4.69) is 18.3 Å². The van der Waals surface area contributed by atoms with Gasteiger partial charge in [0.15, 0.2) is 0 Å². The molecule has 78 valence electrons. The van der Waals surface area contributed by atoms with E-state index in [4.69, 9.17) is 0 Å². The predicted molar refractivity (Wildman–Crippen MR) is 59.1 cm³/mol. The zero-order valence-electron chi connectivity index (χ0n) is 8.73. The third kappa shape index (κ3) is 1.09. The van der Waals surface area contributed by atoms with Crippen molar-refractivity contribution in [2.75, 3.05) is 11.4 Å². The fraction of sp³-hybridized carbons (Fsp3) is 0.417. The number of amides is 2. The molecule has 2 aliphatic heterocycles. The minimum absolute atomic E-state index is 0.0584. The maximum atomic E-state index is 11.8. The summed E-state index contributed by atoms with van der Waals surface area (Å²) in [5.74, 6) is 0.465. The minimum Gasteiger partial charge on any atom is -0.338 e. The van der Waals surface area contributed by atoms with Crippen molar-refractivity contribution in [3.63, 3.8) is 0 Å². The molecule has 1 saturated heterocycles. The lowest BCUT2D eigenvalue weighted by Crippen LogP contribution is -2.51. The number of fused-ring (bicyclic) bond motifs is 3. The molecular weight excluding hydrogens is 188 g/mol. The van der Waals surface area contributed by atoms with Crippen LogP contribution in [-0.2, 0) is 0 Å². The molecule has 3 heteroatoms. The van der Waals surface area contributed by atoms with Crippen LogP contribution in [0.25, 0.3) is 0 Å². The first-order valence-electron chi connectivity index (χ1n) is 5.45. The smallest absolute Gasteiger partial charge is 0.322 e. The van der Waals surface area contributed by atoms with Crippen LogP contribution in [-0.4, -0.2) is 18.6 Å². The average Bonchev–Trinajstić information content (AvgIpc) is 2.55. The van der Waals surface area contributed by atoms with Gasteiger partial charge in [-0.2, -0.15) is 0 Å². The first-order valence-corrected chi connectivity index (χ1v) is 5.45. The van der Waals surface area contributed by atoms with Crippen LogP contribution in [0.4, 0.5) is 10.5 Å². The average molecular weight is 202 g/mol. The van der Waals surface area contributed by atoms with Crippen molar-refractivity contribution in [2.45, 2.75) is 25.3 Å². The Morgan fingerprint density at radius 1 is 1.40 bits per heavy atom. The van der Waals surface area contributed by atoms with Gasteiger partial charge in [-0.3, -0.25) is 4.90 Å². The van der Waals surface area contributed by atoms with E-state index < -0.39 is 0 Å². The lowest BCUT2D eigenvalue weighted by molar-refractivity contribution is 0.237. The van der Waals surface area contributed by atoms with Gasteiger partial charge in [0.1, 0.15) is 0 Å². The summed E-state index contributed by atoms with van der Waals surface area (Å²) < 4.78 is 0. The first kappa shape index (κ1) is 8.77. The van der Waals surface area contributed by atoms with Gasteiger partial charge in [-0.1, -0.05) is 25.1 Å². The van der Waals surface area contributed by atoms with Crippen LogP contribution in [0.5, 0.6) is 0 Å². The number of carbonyl (C=O) groups excluding carboxylic acids is 1. The molecule has 1 aromatic carbocycles. The maximum absolute atomic E-state index is 11.8. The van der Waals surface area contributed by atoms with Gasteiger partial charge in [0, 0.05) is 24.2 Å². The maximum Gasteiger partial charge on any atom is 0.322 e. The molecule has 3 rings (SSSR count). The summed E-state index contributed by atoms with van der Waals surface area (Å²) >= 11 is 0. The fourth-order valence-electron chi connectivity index (χ4n) is 2.75. The molecule has 2 heterocycles. The molecule has 0 bridgehead atoms. The fourth-order valence-corrected chi connectivity index (χ4v) is 2.75. The Kier molecular flexibility index (Phi) is 1.75. The molecule has 0 saturated carbocycles. The highest BCUT2D eigenvalue weighted by Crippen LogP contribution is 2.42. The highest BCUT2D eigenvalue weighted by atomic mass is 16.2. The Bertz CT molecular complexity index is 416. The zero-order chi connectivity index (χ0) is 10.4. The lowest BCUT2D eigenvalue weighted by Gasteiger charge is -2.32. The SMILES string of the molecule is CC1c2ccccc2N2C(=O)NCCC12. The van der Waals surface area contributed by atoms with E-state index in [9.17, 15) is 4.79 Å². The summed E-state index contributed by atoms with van der Waals surface area (Å²) in [5, 5.41) is 2.90. The van der Waals surface area contributed by atoms with Crippen molar-refractivity contribution in [2.24, 2.45) is 0 Å². The van der Waals surface area contributed by atoms with Gasteiger partial charge in [0.05, 0.1) is 0 Å². The van der Waals surface area contributed by atoms with E-state index in [-0.39, 0.29) is 6.03 Å². The summed E-state index contributed by atoms with van der Waals surface area (Å²) in [5.41, 5.74) is 2.40. The van der Waals surface area contributed by atoms with Gasteiger partial charge in [-0.15, -0.1) is 0 Å². The Hall–Kier alpha value is -1.51. The number of carbonyl (C=O) groups is 1. The molecule has 1 N–H and O–H groups in total. The van der Waals surface area contributed by atoms with Crippen molar-refractivity contribution >= 4 is 11.7 Å². The molecule has 2 aliphatic rings. The molecule has 2 atom stereocenters. The van der Waals surface area contributed by atoms with E-state index in [1.807, 2.05) is 23.1 Å². The topological polar surface area (TPSA) is 32.3 Å². The molecule has 15 heavy (non-hydrogen) atoms. The van der Waals surface area contributed by atoms with Crippen molar-refractivity contribution < 1.29 is 4.79 Å². The summed E-state index contributed by atoms with van der Waals surface area (Å²) in [6, 6.07) is 8.63. The zero-order valence-corrected chi connectivity index (χ0v) is 8.73. The lowest BCUT2D eigenvalue weighted by atomic mass is 9.94. The third-order valence-electron chi connectivity index (χ3n) is 3.53. The number of benzene rings is 1. The van der Waals surface area contributed by atoms with E-state index in [1.54, 1.807) is 0 Å². The normalized spacial score (nSPS) is 28.3. The highest BCUT2D eigenvalue weighted by molar-refractivity contribution is 5.96. The number of nitrogens with zero attached hydrogens (tertiary/aromatic N) is 1. The van der Waals surface area contributed by atoms with Crippen LogP contribution in [0.1, 0.15) is 24.8 Å². The molecule has 2 amide bonds. The van der Waals surface area contributed by atoms with Gasteiger partial charge >= 0.3 is 6.03 Å². The van der Waals surface area contributed by atoms with Crippen LogP contribution in [0.3, 0.4) is 0 Å². The molecule has 3 nitrogen and oxygen atoms in total. The van der Waals surface area contributed by atoms with Crippen molar-refractivity contribution in [3.05, 3.63) is 29.8 Å². The highest BCUT2D eigenvalue weighted by Gasteiger charge is 2.40. The van der Waals surface area contributed by atoms with Crippen LogP contribution >= 0.6 is 0 Å². The molecule has 1 fully saturated rings. The van der Waals surface area contributed by atoms with Gasteiger partial charge in [-0.05, 0) is 18.1 Å². The number of hydrogen-bond donors (Lipinski definition) is 1.